The van der Waals surface area contributed by atoms with E-state index in [4.69, 9.17) is 4.74 Å². The van der Waals surface area contributed by atoms with E-state index in [0.717, 1.165) is 12.1 Å². The third-order valence-electron chi connectivity index (χ3n) is 4.61. The Balaban J connectivity index is 1.64. The van der Waals surface area contributed by atoms with Crippen LogP contribution in [0.15, 0.2) is 48.5 Å². The molecule has 0 saturated carbocycles. The monoisotopic (exact) mass is 367 g/mol. The van der Waals surface area contributed by atoms with Crippen molar-refractivity contribution in [3.8, 4) is 5.75 Å². The van der Waals surface area contributed by atoms with Crippen molar-refractivity contribution in [1.29, 1.82) is 0 Å². The lowest BCUT2D eigenvalue weighted by atomic mass is 10.1. The number of nitrogens with zero attached hydrogens (tertiary/aromatic N) is 1. The van der Waals surface area contributed by atoms with E-state index in [2.05, 4.69) is 11.7 Å². The first kappa shape index (κ1) is 18.6. The Hall–Kier alpha value is -3.15. The molecule has 140 valence electrons. The summed E-state index contributed by atoms with van der Waals surface area (Å²) in [6.45, 7) is 2.36. The highest BCUT2D eigenvalue weighted by Crippen LogP contribution is 2.27. The van der Waals surface area contributed by atoms with Crippen molar-refractivity contribution in [2.45, 2.75) is 19.8 Å². The molecule has 2 aromatic rings. The molecule has 0 aliphatic carbocycles. The van der Waals surface area contributed by atoms with Gasteiger partial charge in [0.2, 0.25) is 5.91 Å². The van der Waals surface area contributed by atoms with E-state index in [1.54, 1.807) is 4.90 Å². The second-order valence-electron chi connectivity index (χ2n) is 6.36. The van der Waals surface area contributed by atoms with Crippen molar-refractivity contribution >= 4 is 23.5 Å². The molecule has 1 amide bonds. The van der Waals surface area contributed by atoms with Crippen LogP contribution < -0.4 is 9.64 Å². The van der Waals surface area contributed by atoms with Crippen LogP contribution in [-0.2, 0) is 20.7 Å². The molecule has 1 heterocycles. The van der Waals surface area contributed by atoms with Gasteiger partial charge in [0.05, 0.1) is 18.6 Å². The lowest BCUT2D eigenvalue weighted by Gasteiger charge is -2.17. The molecule has 1 aliphatic heterocycles. The minimum atomic E-state index is -0.524. The van der Waals surface area contributed by atoms with Gasteiger partial charge in [-0.25, -0.2) is 4.79 Å². The summed E-state index contributed by atoms with van der Waals surface area (Å²) < 4.78 is 9.99. The van der Waals surface area contributed by atoms with Gasteiger partial charge in [0.1, 0.15) is 5.75 Å². The highest BCUT2D eigenvalue weighted by molar-refractivity contribution is 5.99. The van der Waals surface area contributed by atoms with Crippen LogP contribution >= 0.6 is 0 Å². The molecule has 1 aliphatic rings. The van der Waals surface area contributed by atoms with E-state index < -0.39 is 17.9 Å². The zero-order valence-corrected chi connectivity index (χ0v) is 15.3. The Morgan fingerprint density at radius 1 is 1.07 bits per heavy atom. The van der Waals surface area contributed by atoms with Crippen molar-refractivity contribution in [1.82, 2.24) is 0 Å². The lowest BCUT2D eigenvalue weighted by Crippen LogP contribution is -2.27. The van der Waals surface area contributed by atoms with Crippen molar-refractivity contribution in [2.75, 3.05) is 18.6 Å². The number of amides is 1. The summed E-state index contributed by atoms with van der Waals surface area (Å²) in [6, 6.07) is 13.9. The molecule has 1 atom stereocenters. The summed E-state index contributed by atoms with van der Waals surface area (Å²) in [5.41, 5.74) is 2.35. The van der Waals surface area contributed by atoms with Gasteiger partial charge in [-0.15, -0.1) is 0 Å². The number of hydrogen-bond acceptors (Lipinski definition) is 5. The summed E-state index contributed by atoms with van der Waals surface area (Å²) in [7, 11) is 1.30. The number of benzene rings is 2. The maximum absolute atomic E-state index is 12.4. The van der Waals surface area contributed by atoms with Crippen LogP contribution in [0.25, 0.3) is 0 Å². The highest BCUT2D eigenvalue weighted by atomic mass is 16.5. The maximum atomic E-state index is 12.4. The minimum Gasteiger partial charge on any atom is -0.465 e. The zero-order chi connectivity index (χ0) is 19.4. The number of aryl methyl sites for hydroxylation is 1. The number of carbonyl (C=O) groups is 3. The van der Waals surface area contributed by atoms with Gasteiger partial charge in [0.25, 0.3) is 0 Å². The van der Waals surface area contributed by atoms with Crippen molar-refractivity contribution < 1.29 is 23.9 Å². The van der Waals surface area contributed by atoms with Crippen LogP contribution in [0.4, 0.5) is 5.69 Å². The second kappa shape index (κ2) is 8.03. The standard InChI is InChI=1S/C21H21NO5/c1-3-14-4-8-17(9-5-14)22-13-16(12-19(22)23)21(25)27-18-10-6-15(7-11-18)20(24)26-2/h4-11,16H,3,12-13H2,1-2H3/t16-/m1/s1. The van der Waals surface area contributed by atoms with Gasteiger partial charge in [-0.1, -0.05) is 19.1 Å². The highest BCUT2D eigenvalue weighted by Gasteiger charge is 2.36. The molecule has 1 saturated heterocycles. The molecule has 6 nitrogen and oxygen atoms in total. The largest absolute Gasteiger partial charge is 0.465 e. The Morgan fingerprint density at radius 3 is 2.33 bits per heavy atom. The number of hydrogen-bond donors (Lipinski definition) is 0. The summed E-state index contributed by atoms with van der Waals surface area (Å²) >= 11 is 0. The number of anilines is 1. The molecule has 0 aromatic heterocycles. The zero-order valence-electron chi connectivity index (χ0n) is 15.3. The molecular weight excluding hydrogens is 346 g/mol. The molecule has 6 heteroatoms. The molecule has 0 N–H and O–H groups in total. The Labute approximate surface area is 157 Å². The van der Waals surface area contributed by atoms with Gasteiger partial charge in [-0.05, 0) is 48.4 Å². The van der Waals surface area contributed by atoms with Crippen LogP contribution in [0.3, 0.4) is 0 Å². The van der Waals surface area contributed by atoms with Gasteiger partial charge in [-0.3, -0.25) is 9.59 Å². The first-order valence-electron chi connectivity index (χ1n) is 8.81. The molecule has 2 aromatic carbocycles. The topological polar surface area (TPSA) is 72.9 Å². The number of methoxy groups -OCH3 is 1. The molecular formula is C21H21NO5. The van der Waals surface area contributed by atoms with E-state index in [9.17, 15) is 14.4 Å². The van der Waals surface area contributed by atoms with Crippen LogP contribution in [0, 0.1) is 5.92 Å². The third kappa shape index (κ3) is 4.16. The normalized spacial score (nSPS) is 16.3. The van der Waals surface area contributed by atoms with Crippen molar-refractivity contribution in [3.05, 3.63) is 59.7 Å². The fourth-order valence-corrected chi connectivity index (χ4v) is 3.00. The van der Waals surface area contributed by atoms with E-state index >= 15 is 0 Å². The maximum Gasteiger partial charge on any atom is 0.337 e. The lowest BCUT2D eigenvalue weighted by molar-refractivity contribution is -0.139. The molecule has 0 spiro atoms. The van der Waals surface area contributed by atoms with E-state index in [1.165, 1.54) is 36.9 Å². The molecule has 1 fully saturated rings. The van der Waals surface area contributed by atoms with Gasteiger partial charge in [0.15, 0.2) is 0 Å². The average molecular weight is 367 g/mol. The van der Waals surface area contributed by atoms with Gasteiger partial charge < -0.3 is 14.4 Å². The minimum absolute atomic E-state index is 0.0952. The average Bonchev–Trinajstić information content (AvgIpc) is 3.10. The van der Waals surface area contributed by atoms with E-state index in [-0.39, 0.29) is 12.3 Å². The van der Waals surface area contributed by atoms with Crippen LogP contribution in [0.1, 0.15) is 29.3 Å². The van der Waals surface area contributed by atoms with Crippen molar-refractivity contribution in [3.63, 3.8) is 0 Å². The quantitative estimate of drug-likeness (QED) is 0.600. The fraction of sp³-hybridized carbons (Fsp3) is 0.286. The van der Waals surface area contributed by atoms with Crippen LogP contribution in [-0.4, -0.2) is 31.5 Å². The van der Waals surface area contributed by atoms with Gasteiger partial charge >= 0.3 is 11.9 Å². The third-order valence-corrected chi connectivity index (χ3v) is 4.61. The number of carbonyl (C=O) groups excluding carboxylic acids is 3. The van der Waals surface area contributed by atoms with Crippen LogP contribution in [0.2, 0.25) is 0 Å². The number of esters is 2. The van der Waals surface area contributed by atoms with Gasteiger partial charge in [-0.2, -0.15) is 0 Å². The predicted octanol–water partition coefficient (Wildman–Crippen LogP) is 2.99. The molecule has 27 heavy (non-hydrogen) atoms. The molecule has 0 bridgehead atoms. The summed E-state index contributed by atoms with van der Waals surface area (Å²) in [6.07, 6.45) is 1.05. The SMILES string of the molecule is CCc1ccc(N2C[C@H](C(=O)Oc3ccc(C(=O)OC)cc3)CC2=O)cc1. The first-order valence-corrected chi connectivity index (χ1v) is 8.81. The van der Waals surface area contributed by atoms with E-state index in [1.807, 2.05) is 24.3 Å². The smallest absolute Gasteiger partial charge is 0.337 e. The Bertz CT molecular complexity index is 842. The summed E-state index contributed by atoms with van der Waals surface area (Å²) in [4.78, 5) is 37.8. The van der Waals surface area contributed by atoms with Crippen LogP contribution in [0.5, 0.6) is 5.75 Å². The van der Waals surface area contributed by atoms with E-state index in [0.29, 0.717) is 17.9 Å². The molecule has 0 unspecified atom stereocenters. The van der Waals surface area contributed by atoms with Gasteiger partial charge in [0, 0.05) is 18.7 Å². The Kier molecular flexibility index (Phi) is 5.54. The number of rotatable bonds is 5. The fourth-order valence-electron chi connectivity index (χ4n) is 3.00. The second-order valence-corrected chi connectivity index (χ2v) is 6.36. The molecule has 3 rings (SSSR count). The molecule has 0 radical (unpaired) electrons. The number of ether oxygens (including phenoxy) is 2. The summed E-state index contributed by atoms with van der Waals surface area (Å²) in [5, 5.41) is 0. The Morgan fingerprint density at radius 2 is 1.74 bits per heavy atom. The van der Waals surface area contributed by atoms with Crippen molar-refractivity contribution in [2.24, 2.45) is 5.92 Å². The first-order chi connectivity index (χ1) is 13.0. The summed E-state index contributed by atoms with van der Waals surface area (Å²) in [5.74, 6) is -1.21. The predicted molar refractivity (Wildman–Crippen MR) is 99.7 cm³/mol.